The van der Waals surface area contributed by atoms with Gasteiger partial charge in [0.15, 0.2) is 0 Å². The van der Waals surface area contributed by atoms with Crippen molar-refractivity contribution in [2.75, 3.05) is 26.2 Å². The predicted octanol–water partition coefficient (Wildman–Crippen LogP) is 4.13. The highest BCUT2D eigenvalue weighted by molar-refractivity contribution is 6.42. The van der Waals surface area contributed by atoms with E-state index in [4.69, 9.17) is 23.2 Å². The summed E-state index contributed by atoms with van der Waals surface area (Å²) in [6, 6.07) is 10.7. The third-order valence-corrected chi connectivity index (χ3v) is 5.19. The van der Waals surface area contributed by atoms with Crippen molar-refractivity contribution < 1.29 is 14.0 Å². The van der Waals surface area contributed by atoms with Crippen LogP contribution in [-0.4, -0.2) is 47.8 Å². The molecular weight excluding hydrogens is 390 g/mol. The first kappa shape index (κ1) is 19.4. The molecule has 27 heavy (non-hydrogen) atoms. The second-order valence-corrected chi connectivity index (χ2v) is 6.89. The molecule has 3 rings (SSSR count). The Kier molecular flexibility index (Phi) is 6.14. The summed E-state index contributed by atoms with van der Waals surface area (Å²) < 4.78 is 13.0. The average Bonchev–Trinajstić information content (AvgIpc) is 2.69. The van der Waals surface area contributed by atoms with E-state index < -0.39 is 0 Å². The van der Waals surface area contributed by atoms with Crippen molar-refractivity contribution in [3.8, 4) is 0 Å². The Bertz CT molecular complexity index is 876. The van der Waals surface area contributed by atoms with E-state index >= 15 is 0 Å². The van der Waals surface area contributed by atoms with Gasteiger partial charge in [-0.25, -0.2) is 4.39 Å². The van der Waals surface area contributed by atoms with Crippen LogP contribution >= 0.6 is 23.2 Å². The van der Waals surface area contributed by atoms with Crippen molar-refractivity contribution in [3.63, 3.8) is 0 Å². The molecule has 1 aliphatic heterocycles. The molecule has 0 aliphatic carbocycles. The first-order chi connectivity index (χ1) is 13.0. The summed E-state index contributed by atoms with van der Waals surface area (Å²) in [4.78, 5) is 28.1. The topological polar surface area (TPSA) is 40.6 Å². The summed E-state index contributed by atoms with van der Waals surface area (Å²) in [5, 5.41) is 0.831. The van der Waals surface area contributed by atoms with Crippen LogP contribution in [0.2, 0.25) is 10.0 Å². The molecule has 2 aromatic carbocycles. The average molecular weight is 407 g/mol. The normalized spacial score (nSPS) is 14.6. The van der Waals surface area contributed by atoms with Gasteiger partial charge in [-0.2, -0.15) is 0 Å². The number of amides is 2. The Balaban J connectivity index is 1.57. The molecule has 0 aromatic heterocycles. The molecule has 0 bridgehead atoms. The van der Waals surface area contributed by atoms with Crippen LogP contribution in [0.5, 0.6) is 0 Å². The van der Waals surface area contributed by atoms with Crippen LogP contribution in [0, 0.1) is 5.82 Å². The number of rotatable bonds is 3. The first-order valence-corrected chi connectivity index (χ1v) is 9.17. The van der Waals surface area contributed by atoms with Gasteiger partial charge in [-0.1, -0.05) is 35.3 Å². The van der Waals surface area contributed by atoms with Crippen LogP contribution in [0.25, 0.3) is 6.08 Å². The highest BCUT2D eigenvalue weighted by Gasteiger charge is 2.23. The minimum absolute atomic E-state index is 0.153. The van der Waals surface area contributed by atoms with E-state index in [-0.39, 0.29) is 17.6 Å². The molecule has 1 saturated heterocycles. The van der Waals surface area contributed by atoms with E-state index in [0.717, 1.165) is 0 Å². The van der Waals surface area contributed by atoms with E-state index in [1.807, 2.05) is 0 Å². The quantitative estimate of drug-likeness (QED) is 0.718. The Labute approximate surface area is 166 Å². The van der Waals surface area contributed by atoms with Gasteiger partial charge in [0.25, 0.3) is 5.91 Å². The van der Waals surface area contributed by atoms with Crippen molar-refractivity contribution in [1.29, 1.82) is 0 Å². The largest absolute Gasteiger partial charge is 0.336 e. The molecule has 1 fully saturated rings. The molecular formula is C20H17Cl2FN2O2. The number of carbonyl (C=O) groups excluding carboxylic acids is 2. The van der Waals surface area contributed by atoms with Gasteiger partial charge in [-0.3, -0.25) is 9.59 Å². The summed E-state index contributed by atoms with van der Waals surface area (Å²) in [5.41, 5.74) is 1.11. The fourth-order valence-electron chi connectivity index (χ4n) is 2.82. The number of hydrogen-bond donors (Lipinski definition) is 0. The molecule has 0 spiro atoms. The molecule has 4 nitrogen and oxygen atoms in total. The second-order valence-electron chi connectivity index (χ2n) is 6.10. The molecule has 2 aromatic rings. The zero-order valence-electron chi connectivity index (χ0n) is 14.4. The number of carbonyl (C=O) groups is 2. The minimum Gasteiger partial charge on any atom is -0.336 e. The molecule has 140 valence electrons. The van der Waals surface area contributed by atoms with E-state index in [1.54, 1.807) is 34.1 Å². The van der Waals surface area contributed by atoms with Gasteiger partial charge in [-0.05, 0) is 42.0 Å². The molecule has 0 radical (unpaired) electrons. The molecule has 1 heterocycles. The summed E-state index contributed by atoms with van der Waals surface area (Å²) in [6.45, 7) is 1.71. The molecule has 7 heteroatoms. The van der Waals surface area contributed by atoms with Crippen LogP contribution in [-0.2, 0) is 4.79 Å². The number of nitrogens with zero attached hydrogens (tertiary/aromatic N) is 2. The highest BCUT2D eigenvalue weighted by atomic mass is 35.5. The number of piperazine rings is 1. The van der Waals surface area contributed by atoms with Gasteiger partial charge in [-0.15, -0.1) is 0 Å². The maximum absolute atomic E-state index is 13.0. The van der Waals surface area contributed by atoms with Gasteiger partial charge in [0.05, 0.1) is 10.0 Å². The lowest BCUT2D eigenvalue weighted by Crippen LogP contribution is -2.50. The summed E-state index contributed by atoms with van der Waals surface area (Å²) in [7, 11) is 0. The molecule has 0 unspecified atom stereocenters. The maximum Gasteiger partial charge on any atom is 0.253 e. The lowest BCUT2D eigenvalue weighted by atomic mass is 10.1. The number of halogens is 3. The summed E-state index contributed by atoms with van der Waals surface area (Å²) >= 11 is 12.1. The zero-order chi connectivity index (χ0) is 19.4. The number of benzene rings is 2. The van der Waals surface area contributed by atoms with Gasteiger partial charge in [0.2, 0.25) is 5.91 Å². The fraction of sp³-hybridized carbons (Fsp3) is 0.200. The lowest BCUT2D eigenvalue weighted by Gasteiger charge is -2.34. The van der Waals surface area contributed by atoms with Crippen LogP contribution in [0.4, 0.5) is 4.39 Å². The van der Waals surface area contributed by atoms with Gasteiger partial charge < -0.3 is 9.80 Å². The van der Waals surface area contributed by atoms with Crippen molar-refractivity contribution >= 4 is 41.1 Å². The SMILES string of the molecule is O=C(/C=C/c1cccc(Cl)c1Cl)N1CCN(C(=O)c2ccc(F)cc2)CC1. The molecule has 0 saturated carbocycles. The van der Waals surface area contributed by atoms with Crippen LogP contribution < -0.4 is 0 Å². The van der Waals surface area contributed by atoms with Crippen molar-refractivity contribution in [2.45, 2.75) is 0 Å². The molecule has 2 amide bonds. The molecule has 0 atom stereocenters. The minimum atomic E-state index is -0.381. The van der Waals surface area contributed by atoms with E-state index in [1.165, 1.54) is 30.3 Å². The van der Waals surface area contributed by atoms with Gasteiger partial charge >= 0.3 is 0 Å². The second kappa shape index (κ2) is 8.55. The first-order valence-electron chi connectivity index (χ1n) is 8.41. The fourth-order valence-corrected chi connectivity index (χ4v) is 3.19. The van der Waals surface area contributed by atoms with Crippen molar-refractivity contribution in [3.05, 3.63) is 75.5 Å². The van der Waals surface area contributed by atoms with Crippen LogP contribution in [0.1, 0.15) is 15.9 Å². The van der Waals surface area contributed by atoms with Crippen molar-refractivity contribution in [2.24, 2.45) is 0 Å². The Morgan fingerprint density at radius 2 is 1.56 bits per heavy atom. The Morgan fingerprint density at radius 3 is 2.22 bits per heavy atom. The van der Waals surface area contributed by atoms with E-state index in [2.05, 4.69) is 0 Å². The molecule has 0 N–H and O–H groups in total. The number of hydrogen-bond acceptors (Lipinski definition) is 2. The Morgan fingerprint density at radius 1 is 0.926 bits per heavy atom. The van der Waals surface area contributed by atoms with E-state index in [0.29, 0.717) is 47.4 Å². The van der Waals surface area contributed by atoms with Crippen LogP contribution in [0.3, 0.4) is 0 Å². The zero-order valence-corrected chi connectivity index (χ0v) is 15.9. The van der Waals surface area contributed by atoms with E-state index in [9.17, 15) is 14.0 Å². The van der Waals surface area contributed by atoms with Crippen LogP contribution in [0.15, 0.2) is 48.5 Å². The standard InChI is InChI=1S/C20H17Cl2FN2O2/c21-17-3-1-2-14(19(17)22)6-9-18(26)24-10-12-25(13-11-24)20(27)15-4-7-16(23)8-5-15/h1-9H,10-13H2/b9-6+. The van der Waals surface area contributed by atoms with Crippen molar-refractivity contribution in [1.82, 2.24) is 9.80 Å². The van der Waals surface area contributed by atoms with Gasteiger partial charge in [0, 0.05) is 37.8 Å². The third-order valence-electron chi connectivity index (χ3n) is 4.36. The molecule has 1 aliphatic rings. The highest BCUT2D eigenvalue weighted by Crippen LogP contribution is 2.26. The summed E-state index contributed by atoms with van der Waals surface area (Å²) in [6.07, 6.45) is 3.08. The van der Waals surface area contributed by atoms with Gasteiger partial charge in [0.1, 0.15) is 5.82 Å². The Hall–Kier alpha value is -2.37. The maximum atomic E-state index is 13.0. The monoisotopic (exact) mass is 406 g/mol. The summed E-state index contributed by atoms with van der Waals surface area (Å²) in [5.74, 6) is -0.697. The predicted molar refractivity (Wildman–Crippen MR) is 104 cm³/mol. The lowest BCUT2D eigenvalue weighted by molar-refractivity contribution is -0.127. The third kappa shape index (κ3) is 4.67. The smallest absolute Gasteiger partial charge is 0.253 e.